The summed E-state index contributed by atoms with van der Waals surface area (Å²) in [4.78, 5) is 35.5. The van der Waals surface area contributed by atoms with E-state index >= 15 is 0 Å². The van der Waals surface area contributed by atoms with Gasteiger partial charge < -0.3 is 9.80 Å². The van der Waals surface area contributed by atoms with Crippen molar-refractivity contribution in [1.82, 2.24) is 24.0 Å². The lowest BCUT2D eigenvalue weighted by molar-refractivity contribution is -0.134. The van der Waals surface area contributed by atoms with Gasteiger partial charge in [-0.15, -0.1) is 11.3 Å². The van der Waals surface area contributed by atoms with Crippen molar-refractivity contribution in [2.45, 2.75) is 4.90 Å². The lowest BCUT2D eigenvalue weighted by atomic mass is 10.2. The van der Waals surface area contributed by atoms with Crippen molar-refractivity contribution in [2.24, 2.45) is 0 Å². The molecule has 0 atom stereocenters. The molecule has 2 aliphatic rings. The highest BCUT2D eigenvalue weighted by molar-refractivity contribution is 7.89. The fourth-order valence-corrected chi connectivity index (χ4v) is 5.86. The van der Waals surface area contributed by atoms with Gasteiger partial charge in [-0.1, -0.05) is 6.07 Å². The third kappa shape index (κ3) is 4.95. The number of carbonyl (C=O) groups excluding carboxylic acids is 2. The first-order valence-electron chi connectivity index (χ1n) is 10.2. The maximum absolute atomic E-state index is 12.7. The highest BCUT2D eigenvalue weighted by Crippen LogP contribution is 2.17. The number of pyridine rings is 1. The van der Waals surface area contributed by atoms with E-state index in [0.29, 0.717) is 52.4 Å². The van der Waals surface area contributed by atoms with E-state index in [1.165, 1.54) is 21.8 Å². The summed E-state index contributed by atoms with van der Waals surface area (Å²) >= 11 is 1.43. The van der Waals surface area contributed by atoms with Crippen LogP contribution in [0.3, 0.4) is 0 Å². The van der Waals surface area contributed by atoms with Crippen molar-refractivity contribution >= 4 is 33.2 Å². The van der Waals surface area contributed by atoms with Gasteiger partial charge in [-0.3, -0.25) is 19.5 Å². The van der Waals surface area contributed by atoms with Gasteiger partial charge >= 0.3 is 0 Å². The van der Waals surface area contributed by atoms with Crippen LogP contribution in [0.4, 0.5) is 0 Å². The second-order valence-electron chi connectivity index (χ2n) is 7.52. The van der Waals surface area contributed by atoms with Crippen LogP contribution < -0.4 is 0 Å². The second kappa shape index (κ2) is 9.43. The molecule has 0 unspecified atom stereocenters. The predicted molar refractivity (Wildman–Crippen MR) is 116 cm³/mol. The third-order valence-corrected chi connectivity index (χ3v) is 8.35. The Morgan fingerprint density at radius 1 is 0.935 bits per heavy atom. The molecule has 2 aromatic heterocycles. The number of carbonyl (C=O) groups is 2. The number of thiophene rings is 1. The molecule has 0 spiro atoms. The minimum absolute atomic E-state index is 0.0202. The van der Waals surface area contributed by atoms with Gasteiger partial charge in [0.05, 0.1) is 11.4 Å². The number of sulfonamides is 1. The molecule has 9 nitrogen and oxygen atoms in total. The topological polar surface area (TPSA) is 94.1 Å². The van der Waals surface area contributed by atoms with Crippen LogP contribution in [0.5, 0.6) is 0 Å². The van der Waals surface area contributed by atoms with Crippen LogP contribution in [0, 0.1) is 0 Å². The Bertz CT molecular complexity index is 997. The zero-order valence-corrected chi connectivity index (χ0v) is 18.7. The second-order valence-corrected chi connectivity index (χ2v) is 10.4. The van der Waals surface area contributed by atoms with Crippen LogP contribution in [0.15, 0.2) is 46.9 Å². The van der Waals surface area contributed by atoms with E-state index in [1.54, 1.807) is 28.1 Å². The van der Waals surface area contributed by atoms with E-state index in [-0.39, 0.29) is 23.3 Å². The minimum Gasteiger partial charge on any atom is -0.338 e. The lowest BCUT2D eigenvalue weighted by Crippen LogP contribution is -2.55. The van der Waals surface area contributed by atoms with Gasteiger partial charge in [0.2, 0.25) is 15.9 Å². The Morgan fingerprint density at radius 2 is 1.65 bits per heavy atom. The number of rotatable bonds is 5. The molecule has 4 heterocycles. The highest BCUT2D eigenvalue weighted by Gasteiger charge is 2.31. The van der Waals surface area contributed by atoms with Gasteiger partial charge in [-0.05, 0) is 23.6 Å². The van der Waals surface area contributed by atoms with Crippen LogP contribution in [-0.2, 0) is 14.8 Å². The van der Waals surface area contributed by atoms with E-state index in [4.69, 9.17) is 0 Å². The fraction of sp³-hybridized carbons (Fsp3) is 0.450. The fourth-order valence-electron chi connectivity index (χ4n) is 3.78. The van der Waals surface area contributed by atoms with Gasteiger partial charge in [0.1, 0.15) is 4.90 Å². The molecule has 0 saturated carbocycles. The summed E-state index contributed by atoms with van der Waals surface area (Å²) in [6.07, 6.45) is 2.90. The van der Waals surface area contributed by atoms with Crippen molar-refractivity contribution in [3.05, 3.63) is 46.9 Å². The van der Waals surface area contributed by atoms with Crippen LogP contribution >= 0.6 is 11.3 Å². The molecule has 0 aromatic carbocycles. The SMILES string of the molecule is O=C(CN1CCN(S(=O)(=O)c2cccnc2)CC1)N1CCN(C(=O)c2cccs2)CC1. The minimum atomic E-state index is -3.56. The molecule has 0 N–H and O–H groups in total. The van der Waals surface area contributed by atoms with Crippen molar-refractivity contribution in [3.63, 3.8) is 0 Å². The Kier molecular flexibility index (Phi) is 6.65. The predicted octanol–water partition coefficient (Wildman–Crippen LogP) is 0.434. The van der Waals surface area contributed by atoms with Crippen LogP contribution in [0.2, 0.25) is 0 Å². The summed E-state index contributed by atoms with van der Waals surface area (Å²) in [7, 11) is -3.56. The number of nitrogens with zero attached hydrogens (tertiary/aromatic N) is 5. The van der Waals surface area contributed by atoms with Crippen molar-refractivity contribution < 1.29 is 18.0 Å². The quantitative estimate of drug-likeness (QED) is 0.639. The summed E-state index contributed by atoms with van der Waals surface area (Å²) in [5, 5.41) is 1.88. The Morgan fingerprint density at radius 3 is 2.26 bits per heavy atom. The number of piperazine rings is 2. The zero-order valence-electron chi connectivity index (χ0n) is 17.1. The smallest absolute Gasteiger partial charge is 0.264 e. The molecule has 0 bridgehead atoms. The molecule has 2 fully saturated rings. The zero-order chi connectivity index (χ0) is 21.8. The van der Waals surface area contributed by atoms with E-state index in [1.807, 2.05) is 22.4 Å². The van der Waals surface area contributed by atoms with E-state index in [2.05, 4.69) is 4.98 Å². The van der Waals surface area contributed by atoms with E-state index < -0.39 is 10.0 Å². The Balaban J connectivity index is 1.24. The largest absolute Gasteiger partial charge is 0.338 e. The van der Waals surface area contributed by atoms with Gasteiger partial charge in [0.25, 0.3) is 5.91 Å². The normalized spacial score (nSPS) is 18.8. The molecule has 4 rings (SSSR count). The summed E-state index contributed by atoms with van der Waals surface area (Å²) in [6, 6.07) is 6.83. The van der Waals surface area contributed by atoms with Crippen molar-refractivity contribution in [1.29, 1.82) is 0 Å². The molecule has 2 saturated heterocycles. The Hall–Kier alpha value is -2.34. The maximum atomic E-state index is 12.7. The Labute approximate surface area is 185 Å². The first-order valence-corrected chi connectivity index (χ1v) is 12.5. The van der Waals surface area contributed by atoms with Gasteiger partial charge in [0.15, 0.2) is 0 Å². The van der Waals surface area contributed by atoms with Crippen molar-refractivity contribution in [3.8, 4) is 0 Å². The summed E-state index contributed by atoms with van der Waals surface area (Å²) in [5.74, 6) is 0.0415. The molecule has 166 valence electrons. The standard InChI is InChI=1S/C20H25N5O4S2/c26-19(23-8-10-24(11-9-23)20(27)18-4-2-14-30-18)16-22-6-12-25(13-7-22)31(28,29)17-3-1-5-21-15-17/h1-5,14-15H,6-13,16H2. The summed E-state index contributed by atoms with van der Waals surface area (Å²) < 4.78 is 26.8. The molecular formula is C20H25N5O4S2. The number of amides is 2. The summed E-state index contributed by atoms with van der Waals surface area (Å²) in [6.45, 7) is 4.04. The molecule has 2 aromatic rings. The lowest BCUT2D eigenvalue weighted by Gasteiger charge is -2.37. The molecule has 2 amide bonds. The van der Waals surface area contributed by atoms with Crippen LogP contribution in [-0.4, -0.2) is 103 Å². The summed E-state index contributed by atoms with van der Waals surface area (Å²) in [5.41, 5.74) is 0. The average molecular weight is 464 g/mol. The van der Waals surface area contributed by atoms with Crippen molar-refractivity contribution in [2.75, 3.05) is 58.9 Å². The molecule has 0 radical (unpaired) electrons. The van der Waals surface area contributed by atoms with E-state index in [0.717, 1.165) is 4.88 Å². The monoisotopic (exact) mass is 463 g/mol. The molecule has 0 aliphatic carbocycles. The molecule has 11 heteroatoms. The van der Waals surface area contributed by atoms with Gasteiger partial charge in [0, 0.05) is 64.8 Å². The molecule has 31 heavy (non-hydrogen) atoms. The van der Waals surface area contributed by atoms with Gasteiger partial charge in [-0.2, -0.15) is 4.31 Å². The highest BCUT2D eigenvalue weighted by atomic mass is 32.2. The average Bonchev–Trinajstić information content (AvgIpc) is 3.35. The first kappa shape index (κ1) is 21.9. The van der Waals surface area contributed by atoms with Gasteiger partial charge in [-0.25, -0.2) is 8.42 Å². The van der Waals surface area contributed by atoms with E-state index in [9.17, 15) is 18.0 Å². The van der Waals surface area contributed by atoms with Crippen LogP contribution in [0.1, 0.15) is 9.67 Å². The molecule has 2 aliphatic heterocycles. The maximum Gasteiger partial charge on any atom is 0.264 e. The third-order valence-electron chi connectivity index (χ3n) is 5.61. The number of aromatic nitrogens is 1. The molecular weight excluding hydrogens is 438 g/mol. The number of hydrogen-bond acceptors (Lipinski definition) is 7. The number of hydrogen-bond donors (Lipinski definition) is 0. The van der Waals surface area contributed by atoms with Crippen LogP contribution in [0.25, 0.3) is 0 Å². The first-order chi connectivity index (χ1) is 14.9.